The van der Waals surface area contributed by atoms with Crippen LogP contribution in [0.5, 0.6) is 0 Å². The minimum absolute atomic E-state index is 0.0253. The predicted molar refractivity (Wildman–Crippen MR) is 86.4 cm³/mol. The number of nitrogens with zero attached hydrogens (tertiary/aromatic N) is 2. The lowest BCUT2D eigenvalue weighted by molar-refractivity contribution is -0.115. The molecule has 2 heterocycles. The molecular weight excluding hydrogens is 345 g/mol. The van der Waals surface area contributed by atoms with Crippen LogP contribution in [0.25, 0.3) is 10.8 Å². The molecule has 0 saturated carbocycles. The van der Waals surface area contributed by atoms with Crippen molar-refractivity contribution in [2.45, 2.75) is 6.42 Å². The first-order chi connectivity index (χ1) is 10.6. The van der Waals surface area contributed by atoms with Crippen LogP contribution >= 0.6 is 34.5 Å². The molecule has 0 saturated heterocycles. The number of carbonyl (C=O) groups is 1. The van der Waals surface area contributed by atoms with Gasteiger partial charge in [0.25, 0.3) is 5.89 Å². The maximum Gasteiger partial charge on any atom is 0.257 e. The fourth-order valence-corrected chi connectivity index (χ4v) is 2.96. The number of hydrogen-bond donors (Lipinski definition) is 1. The quantitative estimate of drug-likeness (QED) is 0.759. The number of nitrogens with one attached hydrogen (secondary N) is 1. The molecule has 0 aliphatic heterocycles. The molecule has 1 amide bonds. The van der Waals surface area contributed by atoms with Gasteiger partial charge in [0.05, 0.1) is 4.88 Å². The number of anilines is 1. The average molecular weight is 354 g/mol. The van der Waals surface area contributed by atoms with Crippen LogP contribution in [0, 0.1) is 0 Å². The largest absolute Gasteiger partial charge is 0.419 e. The fourth-order valence-electron chi connectivity index (χ4n) is 1.79. The first kappa shape index (κ1) is 15.0. The summed E-state index contributed by atoms with van der Waals surface area (Å²) in [6.45, 7) is 0. The third-order valence-electron chi connectivity index (χ3n) is 2.66. The van der Waals surface area contributed by atoms with Gasteiger partial charge in [-0.25, -0.2) is 0 Å². The van der Waals surface area contributed by atoms with E-state index in [0.29, 0.717) is 21.6 Å². The number of hydrogen-bond acceptors (Lipinski definition) is 5. The normalized spacial score (nSPS) is 10.6. The summed E-state index contributed by atoms with van der Waals surface area (Å²) in [5.41, 5.74) is 0.514. The highest BCUT2D eigenvalue weighted by Crippen LogP contribution is 2.24. The van der Waals surface area contributed by atoms with E-state index >= 15 is 0 Å². The van der Waals surface area contributed by atoms with Gasteiger partial charge >= 0.3 is 0 Å². The van der Waals surface area contributed by atoms with Crippen molar-refractivity contribution in [1.29, 1.82) is 0 Å². The molecule has 0 atom stereocenters. The summed E-state index contributed by atoms with van der Waals surface area (Å²) >= 11 is 13.2. The molecule has 0 aliphatic rings. The Morgan fingerprint density at radius 3 is 2.68 bits per heavy atom. The molecule has 0 spiro atoms. The topological polar surface area (TPSA) is 68.0 Å². The van der Waals surface area contributed by atoms with Gasteiger partial charge in [0, 0.05) is 15.7 Å². The van der Waals surface area contributed by atoms with Gasteiger partial charge in [0.2, 0.25) is 11.8 Å². The van der Waals surface area contributed by atoms with Crippen molar-refractivity contribution in [1.82, 2.24) is 10.2 Å². The van der Waals surface area contributed by atoms with E-state index in [0.717, 1.165) is 4.88 Å². The van der Waals surface area contributed by atoms with Crippen LogP contribution in [0.15, 0.2) is 40.1 Å². The van der Waals surface area contributed by atoms with E-state index in [1.807, 2.05) is 17.5 Å². The van der Waals surface area contributed by atoms with Crippen molar-refractivity contribution < 1.29 is 9.21 Å². The van der Waals surface area contributed by atoms with Crippen molar-refractivity contribution in [3.05, 3.63) is 51.6 Å². The Hall–Kier alpha value is -1.89. The average Bonchev–Trinajstić information content (AvgIpc) is 3.07. The van der Waals surface area contributed by atoms with Gasteiger partial charge < -0.3 is 9.73 Å². The molecule has 0 fully saturated rings. The number of rotatable bonds is 4. The highest BCUT2D eigenvalue weighted by atomic mass is 35.5. The van der Waals surface area contributed by atoms with E-state index in [9.17, 15) is 4.79 Å². The Labute approximate surface area is 139 Å². The van der Waals surface area contributed by atoms with Crippen LogP contribution in [-0.4, -0.2) is 16.1 Å². The Kier molecular flexibility index (Phi) is 4.42. The van der Waals surface area contributed by atoms with Gasteiger partial charge in [-0.2, -0.15) is 0 Å². The monoisotopic (exact) mass is 353 g/mol. The maximum absolute atomic E-state index is 12.0. The number of amides is 1. The van der Waals surface area contributed by atoms with E-state index in [-0.39, 0.29) is 18.2 Å². The van der Waals surface area contributed by atoms with Gasteiger partial charge in [0.1, 0.15) is 6.42 Å². The SMILES string of the molecule is O=C(Cc1nnc(-c2cccs2)o1)Nc1cc(Cl)cc(Cl)c1. The molecule has 1 aromatic carbocycles. The number of thiophene rings is 1. The molecule has 0 bridgehead atoms. The summed E-state index contributed by atoms with van der Waals surface area (Å²) in [6, 6.07) is 8.56. The van der Waals surface area contributed by atoms with Crippen LogP contribution in [0.3, 0.4) is 0 Å². The van der Waals surface area contributed by atoms with Crippen LogP contribution in [0.2, 0.25) is 10.0 Å². The molecule has 22 heavy (non-hydrogen) atoms. The van der Waals surface area contributed by atoms with Gasteiger partial charge in [-0.3, -0.25) is 4.79 Å². The Morgan fingerprint density at radius 2 is 2.00 bits per heavy atom. The summed E-state index contributed by atoms with van der Waals surface area (Å²) in [7, 11) is 0. The van der Waals surface area contributed by atoms with Crippen LogP contribution in [-0.2, 0) is 11.2 Å². The minimum atomic E-state index is -0.292. The molecule has 3 rings (SSSR count). The molecule has 1 N–H and O–H groups in total. The van der Waals surface area contributed by atoms with Crippen molar-refractivity contribution in [2.24, 2.45) is 0 Å². The highest BCUT2D eigenvalue weighted by Gasteiger charge is 2.13. The second-order valence-corrected chi connectivity index (χ2v) is 6.18. The van der Waals surface area contributed by atoms with E-state index in [2.05, 4.69) is 15.5 Å². The van der Waals surface area contributed by atoms with E-state index in [1.165, 1.54) is 11.3 Å². The first-order valence-electron chi connectivity index (χ1n) is 6.22. The summed E-state index contributed by atoms with van der Waals surface area (Å²) in [5, 5.41) is 13.3. The molecule has 3 aromatic rings. The van der Waals surface area contributed by atoms with Crippen molar-refractivity contribution in [3.8, 4) is 10.8 Å². The third kappa shape index (κ3) is 3.65. The van der Waals surface area contributed by atoms with Crippen LogP contribution in [0.4, 0.5) is 5.69 Å². The zero-order valence-electron chi connectivity index (χ0n) is 11.0. The lowest BCUT2D eigenvalue weighted by atomic mass is 10.3. The van der Waals surface area contributed by atoms with Gasteiger partial charge in [-0.05, 0) is 29.6 Å². The lowest BCUT2D eigenvalue weighted by Gasteiger charge is -2.04. The summed E-state index contributed by atoms with van der Waals surface area (Å²) in [6.07, 6.45) is -0.0253. The number of aromatic nitrogens is 2. The van der Waals surface area contributed by atoms with Gasteiger partial charge in [-0.1, -0.05) is 29.3 Å². The number of halogens is 2. The summed E-state index contributed by atoms with van der Waals surface area (Å²) in [5.74, 6) is 0.359. The number of carbonyl (C=O) groups excluding carboxylic acids is 1. The first-order valence-corrected chi connectivity index (χ1v) is 7.86. The Bertz CT molecular complexity index is 782. The van der Waals surface area contributed by atoms with Gasteiger partial charge in [0.15, 0.2) is 0 Å². The Morgan fingerprint density at radius 1 is 1.23 bits per heavy atom. The van der Waals surface area contributed by atoms with Crippen LogP contribution in [0.1, 0.15) is 5.89 Å². The zero-order chi connectivity index (χ0) is 15.5. The maximum atomic E-state index is 12.0. The van der Waals surface area contributed by atoms with Crippen molar-refractivity contribution >= 4 is 46.1 Å². The minimum Gasteiger partial charge on any atom is -0.419 e. The molecule has 112 valence electrons. The molecular formula is C14H9Cl2N3O2S. The van der Waals surface area contributed by atoms with Crippen molar-refractivity contribution in [3.63, 3.8) is 0 Å². The summed E-state index contributed by atoms with van der Waals surface area (Å²) in [4.78, 5) is 12.8. The fraction of sp³-hybridized carbons (Fsp3) is 0.0714. The molecule has 0 radical (unpaired) electrons. The van der Waals surface area contributed by atoms with Gasteiger partial charge in [-0.15, -0.1) is 21.5 Å². The summed E-state index contributed by atoms with van der Waals surface area (Å²) < 4.78 is 5.46. The van der Waals surface area contributed by atoms with E-state index in [1.54, 1.807) is 18.2 Å². The third-order valence-corrected chi connectivity index (χ3v) is 3.95. The second-order valence-electron chi connectivity index (χ2n) is 4.36. The molecule has 2 aromatic heterocycles. The lowest BCUT2D eigenvalue weighted by Crippen LogP contribution is -2.14. The highest BCUT2D eigenvalue weighted by molar-refractivity contribution is 7.13. The zero-order valence-corrected chi connectivity index (χ0v) is 13.4. The molecule has 8 heteroatoms. The van der Waals surface area contributed by atoms with E-state index < -0.39 is 0 Å². The van der Waals surface area contributed by atoms with Crippen LogP contribution < -0.4 is 5.32 Å². The number of benzene rings is 1. The second kappa shape index (κ2) is 6.48. The molecule has 0 unspecified atom stereocenters. The Balaban J connectivity index is 1.67. The smallest absolute Gasteiger partial charge is 0.257 e. The standard InChI is InChI=1S/C14H9Cl2N3O2S/c15-8-4-9(16)6-10(5-8)17-12(20)7-13-18-19-14(21-13)11-2-1-3-22-11/h1-6H,7H2,(H,17,20). The van der Waals surface area contributed by atoms with E-state index in [4.69, 9.17) is 27.6 Å². The van der Waals surface area contributed by atoms with Crippen molar-refractivity contribution in [2.75, 3.05) is 5.32 Å². The predicted octanol–water partition coefficient (Wildman–Crippen LogP) is 4.29. The molecule has 5 nitrogen and oxygen atoms in total. The molecule has 0 aliphatic carbocycles.